The van der Waals surface area contributed by atoms with Crippen molar-refractivity contribution in [3.8, 4) is 6.07 Å². The van der Waals surface area contributed by atoms with Gasteiger partial charge < -0.3 is 4.57 Å². The van der Waals surface area contributed by atoms with Crippen LogP contribution in [0.1, 0.15) is 13.0 Å². The minimum absolute atomic E-state index is 0.188. The molecule has 1 heterocycles. The van der Waals surface area contributed by atoms with Gasteiger partial charge in [0.05, 0.1) is 16.6 Å². The molecule has 70 valence electrons. The summed E-state index contributed by atoms with van der Waals surface area (Å²) in [5, 5.41) is 10.6. The van der Waals surface area contributed by atoms with Crippen LogP contribution >= 0.6 is 11.6 Å². The summed E-state index contributed by atoms with van der Waals surface area (Å²) in [6.07, 6.45) is 1.89. The van der Waals surface area contributed by atoms with Crippen molar-refractivity contribution in [3.05, 3.63) is 35.5 Å². The SMILES string of the molecule is CC(C#N)n1ccc2cccc(Cl)c21. The molecule has 0 N–H and O–H groups in total. The lowest BCUT2D eigenvalue weighted by molar-refractivity contribution is 0.701. The highest BCUT2D eigenvalue weighted by Gasteiger charge is 2.09. The van der Waals surface area contributed by atoms with Gasteiger partial charge in [-0.1, -0.05) is 23.7 Å². The normalized spacial score (nSPS) is 12.6. The lowest BCUT2D eigenvalue weighted by Crippen LogP contribution is -2.00. The molecule has 0 aliphatic carbocycles. The summed E-state index contributed by atoms with van der Waals surface area (Å²) in [6.45, 7) is 1.85. The lowest BCUT2D eigenvalue weighted by Gasteiger charge is -2.07. The summed E-state index contributed by atoms with van der Waals surface area (Å²) < 4.78 is 1.89. The molecule has 1 aromatic heterocycles. The van der Waals surface area contributed by atoms with Crippen LogP contribution in [-0.2, 0) is 0 Å². The maximum Gasteiger partial charge on any atom is 0.118 e. The highest BCUT2D eigenvalue weighted by molar-refractivity contribution is 6.35. The van der Waals surface area contributed by atoms with Crippen LogP contribution in [0.2, 0.25) is 5.02 Å². The van der Waals surface area contributed by atoms with E-state index in [-0.39, 0.29) is 6.04 Å². The molecule has 0 radical (unpaired) electrons. The van der Waals surface area contributed by atoms with Crippen molar-refractivity contribution in [2.75, 3.05) is 0 Å². The number of hydrogen-bond acceptors (Lipinski definition) is 1. The number of fused-ring (bicyclic) bond motifs is 1. The quantitative estimate of drug-likeness (QED) is 0.700. The first-order valence-corrected chi connectivity index (χ1v) is 4.76. The van der Waals surface area contributed by atoms with E-state index in [0.717, 1.165) is 10.9 Å². The molecule has 0 aliphatic rings. The smallest absolute Gasteiger partial charge is 0.118 e. The zero-order valence-electron chi connectivity index (χ0n) is 7.74. The Morgan fingerprint density at radius 1 is 1.43 bits per heavy atom. The van der Waals surface area contributed by atoms with E-state index in [4.69, 9.17) is 16.9 Å². The van der Waals surface area contributed by atoms with Crippen molar-refractivity contribution in [3.63, 3.8) is 0 Å². The number of aromatic nitrogens is 1. The highest BCUT2D eigenvalue weighted by atomic mass is 35.5. The van der Waals surface area contributed by atoms with E-state index in [2.05, 4.69) is 6.07 Å². The maximum absolute atomic E-state index is 8.84. The third kappa shape index (κ3) is 1.26. The summed E-state index contributed by atoms with van der Waals surface area (Å²) >= 11 is 6.07. The summed E-state index contributed by atoms with van der Waals surface area (Å²) in [6, 6.07) is 9.71. The van der Waals surface area contributed by atoms with Crippen LogP contribution in [-0.4, -0.2) is 4.57 Å². The van der Waals surface area contributed by atoms with Crippen LogP contribution < -0.4 is 0 Å². The average Bonchev–Trinajstić information content (AvgIpc) is 2.62. The number of nitriles is 1. The van der Waals surface area contributed by atoms with Crippen molar-refractivity contribution in [1.29, 1.82) is 5.26 Å². The Morgan fingerprint density at radius 2 is 2.21 bits per heavy atom. The minimum Gasteiger partial charge on any atom is -0.330 e. The largest absolute Gasteiger partial charge is 0.330 e. The molecular formula is C11H9ClN2. The van der Waals surface area contributed by atoms with E-state index in [1.165, 1.54) is 0 Å². The summed E-state index contributed by atoms with van der Waals surface area (Å²) in [4.78, 5) is 0. The number of nitrogens with zero attached hydrogens (tertiary/aromatic N) is 2. The number of benzene rings is 1. The van der Waals surface area contributed by atoms with Gasteiger partial charge in [0.15, 0.2) is 0 Å². The van der Waals surface area contributed by atoms with Crippen molar-refractivity contribution < 1.29 is 0 Å². The Kier molecular flexibility index (Phi) is 2.18. The molecule has 0 amide bonds. The van der Waals surface area contributed by atoms with Gasteiger partial charge in [0.25, 0.3) is 0 Å². The van der Waals surface area contributed by atoms with Crippen LogP contribution in [0.25, 0.3) is 10.9 Å². The molecule has 0 spiro atoms. The molecule has 0 aliphatic heterocycles. The average molecular weight is 205 g/mol. The Labute approximate surface area is 87.3 Å². The van der Waals surface area contributed by atoms with Crippen LogP contribution in [0, 0.1) is 11.3 Å². The first kappa shape index (κ1) is 9.11. The van der Waals surface area contributed by atoms with Gasteiger partial charge in [0, 0.05) is 11.6 Å². The Morgan fingerprint density at radius 3 is 2.93 bits per heavy atom. The molecule has 2 rings (SSSR count). The first-order valence-electron chi connectivity index (χ1n) is 4.38. The topological polar surface area (TPSA) is 28.7 Å². The fourth-order valence-corrected chi connectivity index (χ4v) is 1.84. The zero-order valence-corrected chi connectivity index (χ0v) is 8.49. The summed E-state index contributed by atoms with van der Waals surface area (Å²) in [5.41, 5.74) is 0.934. The fourth-order valence-electron chi connectivity index (χ4n) is 1.56. The van der Waals surface area contributed by atoms with Crippen LogP contribution in [0.15, 0.2) is 30.5 Å². The summed E-state index contributed by atoms with van der Waals surface area (Å²) in [5.74, 6) is 0. The predicted octanol–water partition coefficient (Wildman–Crippen LogP) is 3.38. The van der Waals surface area contributed by atoms with E-state index in [1.807, 2.05) is 42.0 Å². The number of para-hydroxylation sites is 1. The van der Waals surface area contributed by atoms with Crippen molar-refractivity contribution in [1.82, 2.24) is 4.57 Å². The van der Waals surface area contributed by atoms with E-state index in [9.17, 15) is 0 Å². The van der Waals surface area contributed by atoms with Gasteiger partial charge in [0.2, 0.25) is 0 Å². The molecule has 0 saturated heterocycles. The molecule has 14 heavy (non-hydrogen) atoms. The Hall–Kier alpha value is -1.46. The molecule has 0 saturated carbocycles. The van der Waals surface area contributed by atoms with Gasteiger partial charge in [-0.05, 0) is 19.1 Å². The number of rotatable bonds is 1. The van der Waals surface area contributed by atoms with Crippen molar-refractivity contribution >= 4 is 22.5 Å². The molecular weight excluding hydrogens is 196 g/mol. The third-order valence-electron chi connectivity index (χ3n) is 2.29. The maximum atomic E-state index is 8.84. The number of halogens is 1. The molecule has 2 nitrogen and oxygen atoms in total. The molecule has 0 bridgehead atoms. The van der Waals surface area contributed by atoms with E-state index in [0.29, 0.717) is 5.02 Å². The van der Waals surface area contributed by atoms with Crippen LogP contribution in [0.3, 0.4) is 0 Å². The van der Waals surface area contributed by atoms with Crippen molar-refractivity contribution in [2.24, 2.45) is 0 Å². The second-order valence-electron chi connectivity index (χ2n) is 3.21. The van der Waals surface area contributed by atoms with E-state index in [1.54, 1.807) is 0 Å². The second-order valence-corrected chi connectivity index (χ2v) is 3.61. The standard InChI is InChI=1S/C11H9ClN2/c1-8(7-13)14-6-5-9-3-2-4-10(12)11(9)14/h2-6,8H,1H3. The Balaban J connectivity index is 2.74. The zero-order chi connectivity index (χ0) is 10.1. The Bertz CT molecular complexity index is 507. The molecule has 1 atom stereocenters. The molecule has 2 aromatic rings. The molecule has 1 unspecified atom stereocenters. The molecule has 3 heteroatoms. The van der Waals surface area contributed by atoms with Gasteiger partial charge in [-0.2, -0.15) is 5.26 Å². The fraction of sp³-hybridized carbons (Fsp3) is 0.182. The second kappa shape index (κ2) is 3.36. The highest BCUT2D eigenvalue weighted by Crippen LogP contribution is 2.26. The van der Waals surface area contributed by atoms with Gasteiger partial charge in [-0.25, -0.2) is 0 Å². The van der Waals surface area contributed by atoms with Crippen LogP contribution in [0.5, 0.6) is 0 Å². The van der Waals surface area contributed by atoms with Crippen molar-refractivity contribution in [2.45, 2.75) is 13.0 Å². The van der Waals surface area contributed by atoms with Crippen LogP contribution in [0.4, 0.5) is 0 Å². The van der Waals surface area contributed by atoms with E-state index < -0.39 is 0 Å². The number of hydrogen-bond donors (Lipinski definition) is 0. The van der Waals surface area contributed by atoms with Gasteiger partial charge >= 0.3 is 0 Å². The minimum atomic E-state index is -0.188. The lowest BCUT2D eigenvalue weighted by atomic mass is 10.2. The molecule has 0 fully saturated rings. The van der Waals surface area contributed by atoms with Gasteiger partial charge in [-0.3, -0.25) is 0 Å². The van der Waals surface area contributed by atoms with Gasteiger partial charge in [0.1, 0.15) is 6.04 Å². The first-order chi connectivity index (χ1) is 6.74. The van der Waals surface area contributed by atoms with E-state index >= 15 is 0 Å². The summed E-state index contributed by atoms with van der Waals surface area (Å²) in [7, 11) is 0. The monoisotopic (exact) mass is 204 g/mol. The van der Waals surface area contributed by atoms with Gasteiger partial charge in [-0.15, -0.1) is 0 Å². The predicted molar refractivity (Wildman–Crippen MR) is 57.3 cm³/mol. The third-order valence-corrected chi connectivity index (χ3v) is 2.60. The molecule has 1 aromatic carbocycles.